The Morgan fingerprint density at radius 3 is 2.48 bits per heavy atom. The summed E-state index contributed by atoms with van der Waals surface area (Å²) < 4.78 is -0.914. The Labute approximate surface area is 246 Å². The van der Waals surface area contributed by atoms with Gasteiger partial charge in [-0.3, -0.25) is 4.79 Å². The van der Waals surface area contributed by atoms with Crippen LogP contribution in [-0.2, 0) is 16.8 Å². The number of halogens is 1. The molecule has 0 fully saturated rings. The van der Waals surface area contributed by atoms with Crippen LogP contribution in [0.25, 0.3) is 23.1 Å². The molecule has 0 saturated heterocycles. The molecule has 2 N–H and O–H groups in total. The molecule has 1 aromatic heterocycles. The van der Waals surface area contributed by atoms with Crippen molar-refractivity contribution in [2.45, 2.75) is 62.6 Å². The van der Waals surface area contributed by atoms with Crippen LogP contribution in [0.4, 0.5) is 0 Å². The Kier molecular flexibility index (Phi) is 9.40. The zero-order valence-electron chi connectivity index (χ0n) is 23.4. The number of pyridine rings is 1. The second-order valence-electron chi connectivity index (χ2n) is 10.8. The minimum Gasteiger partial charge on any atom is -0.480 e. The van der Waals surface area contributed by atoms with Crippen LogP contribution >= 0.6 is 23.4 Å². The third kappa shape index (κ3) is 7.34. The van der Waals surface area contributed by atoms with Gasteiger partial charge < -0.3 is 10.2 Å². The van der Waals surface area contributed by atoms with Crippen LogP contribution in [0.1, 0.15) is 73.7 Å². The average molecular weight is 574 g/mol. The van der Waals surface area contributed by atoms with Crippen LogP contribution in [0.5, 0.6) is 0 Å². The van der Waals surface area contributed by atoms with Crippen molar-refractivity contribution in [2.75, 3.05) is 0 Å². The van der Waals surface area contributed by atoms with Crippen LogP contribution in [0.2, 0.25) is 5.02 Å². The van der Waals surface area contributed by atoms with Crippen molar-refractivity contribution in [3.8, 4) is 0 Å². The number of carboxylic acid groups (broad SMARTS) is 1. The first-order valence-electron chi connectivity index (χ1n) is 13.5. The third-order valence-corrected chi connectivity index (χ3v) is 9.30. The molecule has 2 atom stereocenters. The molecular weight excluding hydrogens is 538 g/mol. The van der Waals surface area contributed by atoms with Crippen molar-refractivity contribution in [1.82, 2.24) is 4.98 Å². The highest BCUT2D eigenvalue weighted by Gasteiger charge is 2.35. The summed E-state index contributed by atoms with van der Waals surface area (Å²) in [5, 5.41) is 22.4. The molecule has 0 saturated carbocycles. The lowest BCUT2D eigenvalue weighted by Crippen LogP contribution is -2.31. The molecule has 40 heavy (non-hydrogen) atoms. The largest absolute Gasteiger partial charge is 0.480 e. The number of hydrogen-bond donors (Lipinski definition) is 2. The van der Waals surface area contributed by atoms with Crippen molar-refractivity contribution in [1.29, 1.82) is 0 Å². The van der Waals surface area contributed by atoms with Gasteiger partial charge in [-0.05, 0) is 86.6 Å². The number of aromatic nitrogens is 1. The Hall–Kier alpha value is -3.12. The fourth-order valence-corrected chi connectivity index (χ4v) is 6.34. The zero-order valence-corrected chi connectivity index (χ0v) is 25.0. The van der Waals surface area contributed by atoms with Gasteiger partial charge in [0.1, 0.15) is 4.75 Å². The highest BCUT2D eigenvalue weighted by atomic mass is 35.5. The van der Waals surface area contributed by atoms with Gasteiger partial charge in [-0.25, -0.2) is 4.98 Å². The molecule has 0 spiro atoms. The second-order valence-corrected chi connectivity index (χ2v) is 13.0. The Morgan fingerprint density at radius 2 is 1.75 bits per heavy atom. The number of carbonyl (C=O) groups is 1. The fraction of sp³-hybridized carbons (Fsp3) is 0.294. The monoisotopic (exact) mass is 573 g/mol. The Balaban J connectivity index is 1.63. The van der Waals surface area contributed by atoms with E-state index in [1.165, 1.54) is 11.8 Å². The van der Waals surface area contributed by atoms with Crippen LogP contribution in [-0.4, -0.2) is 25.9 Å². The molecule has 0 bridgehead atoms. The minimum absolute atomic E-state index is 0.0507. The number of thioether (sulfide) groups is 1. The maximum absolute atomic E-state index is 12.2. The second kappa shape index (κ2) is 12.6. The smallest absolute Gasteiger partial charge is 0.319 e. The number of fused-ring (bicyclic) bond motifs is 1. The molecule has 0 aliphatic heterocycles. The van der Waals surface area contributed by atoms with Crippen molar-refractivity contribution in [3.05, 3.63) is 112 Å². The number of nitrogens with zero attached hydrogens (tertiary/aromatic N) is 1. The minimum atomic E-state index is -0.953. The number of hydrogen-bond acceptors (Lipinski definition) is 4. The van der Waals surface area contributed by atoms with Gasteiger partial charge in [0.05, 0.1) is 16.8 Å². The number of aliphatic hydroxyl groups is 1. The van der Waals surface area contributed by atoms with Crippen molar-refractivity contribution < 1.29 is 15.0 Å². The van der Waals surface area contributed by atoms with Crippen molar-refractivity contribution in [3.63, 3.8) is 0 Å². The lowest BCUT2D eigenvalue weighted by Gasteiger charge is -2.29. The quantitative estimate of drug-likeness (QED) is 0.187. The van der Waals surface area contributed by atoms with Crippen molar-refractivity contribution >= 4 is 52.4 Å². The summed E-state index contributed by atoms with van der Waals surface area (Å²) >= 11 is 7.65. The summed E-state index contributed by atoms with van der Waals surface area (Å²) in [6, 6.07) is 25.9. The first-order valence-corrected chi connectivity index (χ1v) is 14.8. The van der Waals surface area contributed by atoms with Crippen LogP contribution in [0.3, 0.4) is 0 Å². The summed E-state index contributed by atoms with van der Waals surface area (Å²) in [6.07, 6.45) is 5.99. The normalized spacial score (nSPS) is 14.3. The van der Waals surface area contributed by atoms with E-state index in [0.29, 0.717) is 11.4 Å². The van der Waals surface area contributed by atoms with E-state index >= 15 is 0 Å². The molecule has 208 valence electrons. The van der Waals surface area contributed by atoms with Crippen LogP contribution in [0.15, 0.2) is 78.9 Å². The maximum atomic E-state index is 12.2. The molecule has 0 aliphatic rings. The topological polar surface area (TPSA) is 70.4 Å². The van der Waals surface area contributed by atoms with E-state index in [4.69, 9.17) is 16.6 Å². The number of benzene rings is 3. The average Bonchev–Trinajstić information content (AvgIpc) is 2.93. The molecule has 4 aromatic rings. The Bertz CT molecular complexity index is 1530. The molecule has 3 aromatic carbocycles. The van der Waals surface area contributed by atoms with E-state index in [1.807, 2.05) is 85.8 Å². The summed E-state index contributed by atoms with van der Waals surface area (Å²) in [5.41, 5.74) is 4.79. The summed E-state index contributed by atoms with van der Waals surface area (Å²) in [7, 11) is 0. The first kappa shape index (κ1) is 29.9. The molecule has 0 amide bonds. The summed E-state index contributed by atoms with van der Waals surface area (Å²) in [6.45, 7) is 7.32. The van der Waals surface area contributed by atoms with Gasteiger partial charge in [-0.1, -0.05) is 85.3 Å². The van der Waals surface area contributed by atoms with Crippen LogP contribution < -0.4 is 0 Å². The lowest BCUT2D eigenvalue weighted by molar-refractivity contribution is -0.139. The van der Waals surface area contributed by atoms with E-state index in [2.05, 4.69) is 12.1 Å². The Morgan fingerprint density at radius 1 is 1.00 bits per heavy atom. The van der Waals surface area contributed by atoms with Gasteiger partial charge in [0.25, 0.3) is 0 Å². The molecule has 4 rings (SSSR count). The number of aliphatic carboxylic acids is 1. The van der Waals surface area contributed by atoms with E-state index in [0.717, 1.165) is 51.7 Å². The number of carboxylic acids is 1. The fourth-order valence-electron chi connectivity index (χ4n) is 4.76. The maximum Gasteiger partial charge on any atom is 0.319 e. The predicted octanol–water partition coefficient (Wildman–Crippen LogP) is 8.95. The van der Waals surface area contributed by atoms with Crippen molar-refractivity contribution in [2.24, 2.45) is 0 Å². The molecule has 6 heteroatoms. The molecular formula is C34H36ClNO3S. The molecule has 0 radical (unpaired) electrons. The molecule has 4 nitrogen and oxygen atoms in total. The van der Waals surface area contributed by atoms with Gasteiger partial charge in [0.15, 0.2) is 0 Å². The third-order valence-electron chi connectivity index (χ3n) is 7.29. The standard InChI is InChI=1S/C34H36ClNO3S/c1-5-34(4,32(37)38)40-31(20-16-24-10-6-7-12-29(24)33(2,3)39)26-11-8-9-23(21-26)13-18-28-19-15-25-14-17-27(35)22-30(25)36-28/h6-15,17-19,21-22,31,39H,5,16,20H2,1-4H3,(H,37,38)/t31-,34-/m1/s1. The number of rotatable bonds is 11. The number of aryl methyl sites for hydroxylation is 1. The molecule has 0 unspecified atom stereocenters. The van der Waals surface area contributed by atoms with Gasteiger partial charge in [-0.15, -0.1) is 11.8 Å². The summed E-state index contributed by atoms with van der Waals surface area (Å²) in [4.78, 5) is 17.0. The highest BCUT2D eigenvalue weighted by Crippen LogP contribution is 2.44. The van der Waals surface area contributed by atoms with Gasteiger partial charge in [0, 0.05) is 15.7 Å². The molecule has 0 aliphatic carbocycles. The summed E-state index contributed by atoms with van der Waals surface area (Å²) in [5.74, 6) is -0.805. The van der Waals surface area contributed by atoms with Crippen LogP contribution in [0, 0.1) is 0 Å². The van der Waals surface area contributed by atoms with Gasteiger partial charge in [-0.2, -0.15) is 0 Å². The SMILES string of the molecule is CC[C@@](C)(S[C@H](CCc1ccccc1C(C)(C)O)c1cccc(C=Cc2ccc3ccc(Cl)cc3n2)c1)C(=O)O. The lowest BCUT2D eigenvalue weighted by atomic mass is 9.90. The highest BCUT2D eigenvalue weighted by molar-refractivity contribution is 8.01. The predicted molar refractivity (Wildman–Crippen MR) is 169 cm³/mol. The van der Waals surface area contributed by atoms with E-state index in [-0.39, 0.29) is 5.25 Å². The van der Waals surface area contributed by atoms with Gasteiger partial charge in [0.2, 0.25) is 0 Å². The first-order chi connectivity index (χ1) is 19.0. The molecule has 1 heterocycles. The van der Waals surface area contributed by atoms with E-state index in [9.17, 15) is 15.0 Å². The van der Waals surface area contributed by atoms with Gasteiger partial charge >= 0.3 is 5.97 Å². The van der Waals surface area contributed by atoms with E-state index < -0.39 is 16.3 Å². The van der Waals surface area contributed by atoms with E-state index in [1.54, 1.807) is 20.8 Å². The zero-order chi connectivity index (χ0) is 28.9.